The summed E-state index contributed by atoms with van der Waals surface area (Å²) in [6.07, 6.45) is 1.15. The van der Waals surface area contributed by atoms with E-state index in [4.69, 9.17) is 0 Å². The molecule has 0 aliphatic carbocycles. The fraction of sp³-hybridized carbons (Fsp3) is 0.381. The molecule has 0 saturated heterocycles. The van der Waals surface area contributed by atoms with E-state index in [9.17, 15) is 5.11 Å². The van der Waals surface area contributed by atoms with Crippen molar-refractivity contribution in [3.05, 3.63) is 67.1 Å². The zero-order chi connectivity index (χ0) is 16.2. The zero-order valence-electron chi connectivity index (χ0n) is 13.9. The topological polar surface area (TPSA) is 20.2 Å². The minimum absolute atomic E-state index is 0.101. The molecule has 0 amide bonds. The van der Waals surface area contributed by atoms with Crippen LogP contribution in [-0.2, 0) is 0 Å². The minimum Gasteiger partial charge on any atom is -0.392 e. The fourth-order valence-electron chi connectivity index (χ4n) is 2.90. The van der Waals surface area contributed by atoms with Gasteiger partial charge in [0.25, 0.3) is 0 Å². The zero-order valence-corrected chi connectivity index (χ0v) is 13.9. The van der Waals surface area contributed by atoms with Crippen molar-refractivity contribution in [1.82, 2.24) is 0 Å². The molecule has 22 heavy (non-hydrogen) atoms. The first-order chi connectivity index (χ1) is 10.4. The molecule has 1 radical (unpaired) electrons. The van der Waals surface area contributed by atoms with E-state index in [1.807, 2.05) is 6.07 Å². The quantitative estimate of drug-likeness (QED) is 0.776. The largest absolute Gasteiger partial charge is 0.392 e. The minimum atomic E-state index is -0.347. The van der Waals surface area contributed by atoms with Gasteiger partial charge in [-0.2, -0.15) is 0 Å². The second-order valence-electron chi connectivity index (χ2n) is 7.22. The van der Waals surface area contributed by atoms with Gasteiger partial charge in [-0.25, -0.2) is 0 Å². The summed E-state index contributed by atoms with van der Waals surface area (Å²) in [4.78, 5) is 0. The van der Waals surface area contributed by atoms with Crippen LogP contribution in [0.4, 0.5) is 0 Å². The average Bonchev–Trinajstić information content (AvgIpc) is 2.48. The van der Waals surface area contributed by atoms with Gasteiger partial charge in [-0.3, -0.25) is 0 Å². The van der Waals surface area contributed by atoms with Crippen LogP contribution >= 0.6 is 0 Å². The van der Waals surface area contributed by atoms with Crippen molar-refractivity contribution in [3.8, 4) is 11.1 Å². The highest BCUT2D eigenvalue weighted by Gasteiger charge is 2.24. The lowest BCUT2D eigenvalue weighted by Crippen LogP contribution is -2.24. The number of aliphatic hydroxyl groups is 1. The molecule has 1 heteroatoms. The number of rotatable bonds is 5. The first kappa shape index (κ1) is 16.8. The molecule has 0 fully saturated rings. The molecule has 1 nitrogen and oxygen atoms in total. The van der Waals surface area contributed by atoms with Gasteiger partial charge in [-0.1, -0.05) is 82.3 Å². The van der Waals surface area contributed by atoms with E-state index in [-0.39, 0.29) is 17.4 Å². The highest BCUT2D eigenvalue weighted by Crippen LogP contribution is 2.32. The molecule has 117 valence electrons. The Morgan fingerprint density at radius 1 is 0.909 bits per heavy atom. The van der Waals surface area contributed by atoms with Crippen LogP contribution < -0.4 is 0 Å². The van der Waals surface area contributed by atoms with Crippen LogP contribution in [0.3, 0.4) is 0 Å². The molecule has 0 heterocycles. The van der Waals surface area contributed by atoms with Crippen LogP contribution in [-0.4, -0.2) is 11.2 Å². The van der Waals surface area contributed by atoms with Crippen LogP contribution in [0.5, 0.6) is 0 Å². The van der Waals surface area contributed by atoms with Gasteiger partial charge in [0.2, 0.25) is 0 Å². The molecule has 2 atom stereocenters. The van der Waals surface area contributed by atoms with E-state index in [2.05, 4.69) is 76.2 Å². The van der Waals surface area contributed by atoms with Crippen molar-refractivity contribution in [3.63, 3.8) is 0 Å². The summed E-state index contributed by atoms with van der Waals surface area (Å²) in [6, 6.07) is 18.9. The number of benzene rings is 2. The van der Waals surface area contributed by atoms with Gasteiger partial charge in [0.15, 0.2) is 0 Å². The van der Waals surface area contributed by atoms with Gasteiger partial charge >= 0.3 is 0 Å². The molecule has 0 aliphatic heterocycles. The molecule has 2 unspecified atom stereocenters. The summed E-state index contributed by atoms with van der Waals surface area (Å²) in [5, 5.41) is 10.5. The number of hydrogen-bond acceptors (Lipinski definition) is 1. The molecule has 2 aromatic carbocycles. The third-order valence-corrected chi connectivity index (χ3v) is 4.04. The Kier molecular flexibility index (Phi) is 5.42. The molecule has 1 N–H and O–H groups in total. The predicted octanol–water partition coefficient (Wildman–Crippen LogP) is 5.46. The summed E-state index contributed by atoms with van der Waals surface area (Å²) in [5.74, 6) is 0.101. The Labute approximate surface area is 135 Å². The van der Waals surface area contributed by atoms with Crippen LogP contribution in [0.1, 0.15) is 45.1 Å². The normalized spacial score (nSPS) is 14.6. The monoisotopic (exact) mass is 295 g/mol. The Morgan fingerprint density at radius 2 is 1.45 bits per heavy atom. The Balaban J connectivity index is 2.17. The van der Waals surface area contributed by atoms with Crippen molar-refractivity contribution in [1.29, 1.82) is 0 Å². The highest BCUT2D eigenvalue weighted by atomic mass is 16.3. The molecular weight excluding hydrogens is 268 g/mol. The fourth-order valence-corrected chi connectivity index (χ4v) is 2.90. The Morgan fingerprint density at radius 3 is 1.95 bits per heavy atom. The summed E-state index contributed by atoms with van der Waals surface area (Å²) in [6.45, 7) is 10.5. The Hall–Kier alpha value is -1.60. The highest BCUT2D eigenvalue weighted by molar-refractivity contribution is 5.63. The van der Waals surface area contributed by atoms with Crippen LogP contribution in [0.15, 0.2) is 54.6 Å². The van der Waals surface area contributed by atoms with Gasteiger partial charge in [-0.05, 0) is 34.9 Å². The van der Waals surface area contributed by atoms with Crippen LogP contribution in [0, 0.1) is 12.3 Å². The van der Waals surface area contributed by atoms with E-state index >= 15 is 0 Å². The van der Waals surface area contributed by atoms with Gasteiger partial charge < -0.3 is 5.11 Å². The predicted molar refractivity (Wildman–Crippen MR) is 94.7 cm³/mol. The van der Waals surface area contributed by atoms with Crippen molar-refractivity contribution >= 4 is 0 Å². The second kappa shape index (κ2) is 7.11. The summed E-state index contributed by atoms with van der Waals surface area (Å²) >= 11 is 0. The number of hydrogen-bond donors (Lipinski definition) is 1. The van der Waals surface area contributed by atoms with Crippen LogP contribution in [0.2, 0.25) is 0 Å². The van der Waals surface area contributed by atoms with Crippen molar-refractivity contribution < 1.29 is 5.11 Å². The second-order valence-corrected chi connectivity index (χ2v) is 7.22. The van der Waals surface area contributed by atoms with Crippen molar-refractivity contribution in [2.24, 2.45) is 5.41 Å². The first-order valence-corrected chi connectivity index (χ1v) is 8.03. The van der Waals surface area contributed by atoms with E-state index in [1.54, 1.807) is 0 Å². The van der Waals surface area contributed by atoms with Gasteiger partial charge in [0, 0.05) is 5.92 Å². The Bertz CT molecular complexity index is 563. The van der Waals surface area contributed by atoms with Crippen molar-refractivity contribution in [2.75, 3.05) is 0 Å². The molecule has 2 rings (SSSR count). The molecule has 0 spiro atoms. The first-order valence-electron chi connectivity index (χ1n) is 8.03. The van der Waals surface area contributed by atoms with E-state index < -0.39 is 0 Å². The van der Waals surface area contributed by atoms with E-state index in [0.717, 1.165) is 6.42 Å². The van der Waals surface area contributed by atoms with Crippen molar-refractivity contribution in [2.45, 2.75) is 45.6 Å². The lowest BCUT2D eigenvalue weighted by molar-refractivity contribution is 0.0953. The lowest BCUT2D eigenvalue weighted by atomic mass is 9.81. The maximum Gasteiger partial charge on any atom is 0.0613 e. The SMILES string of the molecule is [CH2]CC(c1ccc(-c2ccccc2)cc1)C(O)CC(C)(C)C. The molecule has 0 saturated carbocycles. The maximum absolute atomic E-state index is 10.5. The lowest BCUT2D eigenvalue weighted by Gasteiger charge is -2.28. The molecule has 0 aliphatic rings. The third-order valence-electron chi connectivity index (χ3n) is 4.04. The third kappa shape index (κ3) is 4.45. The summed E-state index contributed by atoms with van der Waals surface area (Å²) < 4.78 is 0. The smallest absolute Gasteiger partial charge is 0.0613 e. The van der Waals surface area contributed by atoms with Crippen LogP contribution in [0.25, 0.3) is 11.1 Å². The van der Waals surface area contributed by atoms with Gasteiger partial charge in [0.05, 0.1) is 6.10 Å². The number of aliphatic hydroxyl groups excluding tert-OH is 1. The summed E-state index contributed by atoms with van der Waals surface area (Å²) in [5.41, 5.74) is 3.72. The maximum atomic E-state index is 10.5. The molecule has 2 aromatic rings. The summed E-state index contributed by atoms with van der Waals surface area (Å²) in [7, 11) is 0. The van der Waals surface area contributed by atoms with Gasteiger partial charge in [-0.15, -0.1) is 0 Å². The molecule has 0 aromatic heterocycles. The van der Waals surface area contributed by atoms with E-state index in [0.29, 0.717) is 6.42 Å². The standard InChI is InChI=1S/C21H27O/c1-5-19(20(22)15-21(2,3)4)18-13-11-17(12-14-18)16-9-7-6-8-10-16/h6-14,19-20,22H,1,5,15H2,2-4H3. The average molecular weight is 295 g/mol. The molecular formula is C21H27O. The van der Waals surface area contributed by atoms with E-state index in [1.165, 1.54) is 16.7 Å². The van der Waals surface area contributed by atoms with Gasteiger partial charge in [0.1, 0.15) is 0 Å². The molecule has 0 bridgehead atoms.